The number of rotatable bonds is 4. The fraction of sp³-hybridized carbons (Fsp3) is 0.350. The summed E-state index contributed by atoms with van der Waals surface area (Å²) in [4.78, 5) is 12.9. The molecule has 1 aromatic carbocycles. The van der Waals surface area contributed by atoms with Gasteiger partial charge in [0.25, 0.3) is 5.91 Å². The van der Waals surface area contributed by atoms with E-state index in [0.29, 0.717) is 17.9 Å². The summed E-state index contributed by atoms with van der Waals surface area (Å²) in [5, 5.41) is 11.8. The van der Waals surface area contributed by atoms with Gasteiger partial charge < -0.3 is 5.32 Å². The number of carbonyl (C=O) groups is 1. The average molecular weight is 369 g/mol. The third-order valence-electron chi connectivity index (χ3n) is 4.29. The Morgan fingerprint density at radius 3 is 2.41 bits per heavy atom. The second-order valence-corrected chi connectivity index (χ2v) is 7.70. The smallest absolute Gasteiger partial charge is 0.274 e. The molecular weight excluding hydrogens is 345 g/mol. The Morgan fingerprint density at radius 2 is 1.85 bits per heavy atom. The fourth-order valence-electron chi connectivity index (χ4n) is 2.76. The first kappa shape index (κ1) is 18.8. The quantitative estimate of drug-likeness (QED) is 0.763. The SMILES string of the molecule is Cc1nn(C)cc1NC(=O)c1cc(C(C)(C)C)nn1Cc1ccc(F)cc1. The average Bonchev–Trinajstić information content (AvgIpc) is 3.13. The summed E-state index contributed by atoms with van der Waals surface area (Å²) in [6.45, 7) is 8.36. The van der Waals surface area contributed by atoms with Gasteiger partial charge in [0.15, 0.2) is 0 Å². The number of aryl methyl sites for hydroxylation is 2. The van der Waals surface area contributed by atoms with E-state index >= 15 is 0 Å². The summed E-state index contributed by atoms with van der Waals surface area (Å²) in [5.41, 5.74) is 3.34. The summed E-state index contributed by atoms with van der Waals surface area (Å²) < 4.78 is 16.5. The Bertz CT molecular complexity index is 963. The molecule has 0 radical (unpaired) electrons. The summed E-state index contributed by atoms with van der Waals surface area (Å²) in [6, 6.07) is 8.01. The highest BCUT2D eigenvalue weighted by Gasteiger charge is 2.23. The van der Waals surface area contributed by atoms with Gasteiger partial charge in [-0.1, -0.05) is 32.9 Å². The summed E-state index contributed by atoms with van der Waals surface area (Å²) in [7, 11) is 1.80. The van der Waals surface area contributed by atoms with E-state index in [9.17, 15) is 9.18 Å². The second-order valence-electron chi connectivity index (χ2n) is 7.70. The minimum Gasteiger partial charge on any atom is -0.318 e. The van der Waals surface area contributed by atoms with E-state index in [1.807, 2.05) is 33.8 Å². The maximum absolute atomic E-state index is 13.2. The molecule has 1 N–H and O–H groups in total. The van der Waals surface area contributed by atoms with E-state index < -0.39 is 0 Å². The molecule has 3 aromatic rings. The molecule has 2 aromatic heterocycles. The number of anilines is 1. The van der Waals surface area contributed by atoms with Crippen molar-refractivity contribution < 1.29 is 9.18 Å². The zero-order valence-electron chi connectivity index (χ0n) is 16.2. The standard InChI is InChI=1S/C20H24FN5O/c1-13-16(12-25(5)23-13)22-19(27)17-10-18(20(2,3)4)24-26(17)11-14-6-8-15(21)9-7-14/h6-10,12H,11H2,1-5H3,(H,22,27). The van der Waals surface area contributed by atoms with Crippen LogP contribution >= 0.6 is 0 Å². The molecule has 7 heteroatoms. The Kier molecular flexibility index (Phi) is 4.87. The van der Waals surface area contributed by atoms with Crippen molar-refractivity contribution in [2.24, 2.45) is 7.05 Å². The Balaban J connectivity index is 1.94. The molecule has 0 aliphatic heterocycles. The highest BCUT2D eigenvalue weighted by Crippen LogP contribution is 2.23. The van der Waals surface area contributed by atoms with Crippen LogP contribution in [0.5, 0.6) is 0 Å². The van der Waals surface area contributed by atoms with Crippen LogP contribution in [-0.2, 0) is 19.0 Å². The molecule has 0 saturated heterocycles. The van der Waals surface area contributed by atoms with Crippen LogP contribution in [0.2, 0.25) is 0 Å². The van der Waals surface area contributed by atoms with Crippen LogP contribution in [0.15, 0.2) is 36.5 Å². The molecule has 0 aliphatic rings. The predicted molar refractivity (Wildman–Crippen MR) is 102 cm³/mol. The Hall–Kier alpha value is -2.96. The molecular formula is C20H24FN5O. The van der Waals surface area contributed by atoms with Gasteiger partial charge in [-0.05, 0) is 30.7 Å². The molecule has 3 rings (SSSR count). The third kappa shape index (κ3) is 4.24. The van der Waals surface area contributed by atoms with Crippen molar-refractivity contribution in [1.82, 2.24) is 19.6 Å². The van der Waals surface area contributed by atoms with Crippen molar-refractivity contribution in [2.45, 2.75) is 39.7 Å². The Morgan fingerprint density at radius 1 is 1.19 bits per heavy atom. The summed E-state index contributed by atoms with van der Waals surface area (Å²) in [6.07, 6.45) is 1.76. The topological polar surface area (TPSA) is 64.7 Å². The monoisotopic (exact) mass is 369 g/mol. The van der Waals surface area contributed by atoms with E-state index in [0.717, 1.165) is 17.0 Å². The first-order valence-corrected chi connectivity index (χ1v) is 8.78. The zero-order chi connectivity index (χ0) is 19.8. The zero-order valence-corrected chi connectivity index (χ0v) is 16.2. The van der Waals surface area contributed by atoms with Crippen LogP contribution in [0, 0.1) is 12.7 Å². The van der Waals surface area contributed by atoms with Gasteiger partial charge in [0.2, 0.25) is 0 Å². The number of hydrogen-bond donors (Lipinski definition) is 1. The van der Waals surface area contributed by atoms with E-state index in [1.54, 1.807) is 34.7 Å². The van der Waals surface area contributed by atoms with Crippen molar-refractivity contribution in [3.63, 3.8) is 0 Å². The molecule has 6 nitrogen and oxygen atoms in total. The molecule has 0 spiro atoms. The molecule has 0 fully saturated rings. The molecule has 0 saturated carbocycles. The largest absolute Gasteiger partial charge is 0.318 e. The number of nitrogens with one attached hydrogen (secondary N) is 1. The van der Waals surface area contributed by atoms with E-state index in [-0.39, 0.29) is 17.1 Å². The maximum atomic E-state index is 13.2. The van der Waals surface area contributed by atoms with E-state index in [4.69, 9.17) is 0 Å². The molecule has 0 atom stereocenters. The normalized spacial score (nSPS) is 11.6. The van der Waals surface area contributed by atoms with Gasteiger partial charge in [-0.25, -0.2) is 4.39 Å². The number of benzene rings is 1. The van der Waals surface area contributed by atoms with Gasteiger partial charge in [0, 0.05) is 18.7 Å². The van der Waals surface area contributed by atoms with Crippen molar-refractivity contribution in [3.8, 4) is 0 Å². The summed E-state index contributed by atoms with van der Waals surface area (Å²) >= 11 is 0. The van der Waals surface area contributed by atoms with Crippen LogP contribution in [0.3, 0.4) is 0 Å². The van der Waals surface area contributed by atoms with E-state index in [1.165, 1.54) is 12.1 Å². The van der Waals surface area contributed by atoms with Gasteiger partial charge in [0.05, 0.1) is 23.6 Å². The lowest BCUT2D eigenvalue weighted by molar-refractivity contribution is 0.101. The molecule has 1 amide bonds. The number of carbonyl (C=O) groups excluding carboxylic acids is 1. The van der Waals surface area contributed by atoms with Crippen molar-refractivity contribution in [2.75, 3.05) is 5.32 Å². The fourth-order valence-corrected chi connectivity index (χ4v) is 2.76. The van der Waals surface area contributed by atoms with Crippen molar-refractivity contribution >= 4 is 11.6 Å². The number of amides is 1. The van der Waals surface area contributed by atoms with Crippen LogP contribution in [-0.4, -0.2) is 25.5 Å². The second kappa shape index (κ2) is 6.98. The first-order valence-electron chi connectivity index (χ1n) is 8.78. The van der Waals surface area contributed by atoms with Crippen LogP contribution in [0.1, 0.15) is 48.2 Å². The van der Waals surface area contributed by atoms with Crippen molar-refractivity contribution in [3.05, 3.63) is 65.0 Å². The maximum Gasteiger partial charge on any atom is 0.274 e. The van der Waals surface area contributed by atoms with Gasteiger partial charge in [-0.2, -0.15) is 10.2 Å². The highest BCUT2D eigenvalue weighted by molar-refractivity contribution is 6.03. The van der Waals surface area contributed by atoms with Crippen LogP contribution in [0.25, 0.3) is 0 Å². The van der Waals surface area contributed by atoms with Gasteiger partial charge >= 0.3 is 0 Å². The lowest BCUT2D eigenvalue weighted by atomic mass is 9.92. The first-order chi connectivity index (χ1) is 12.6. The minimum absolute atomic E-state index is 0.201. The Labute approximate surface area is 158 Å². The summed E-state index contributed by atoms with van der Waals surface area (Å²) in [5.74, 6) is -0.546. The van der Waals surface area contributed by atoms with Crippen molar-refractivity contribution in [1.29, 1.82) is 0 Å². The van der Waals surface area contributed by atoms with Crippen LogP contribution < -0.4 is 5.32 Å². The molecule has 2 heterocycles. The number of hydrogen-bond acceptors (Lipinski definition) is 3. The predicted octanol–water partition coefficient (Wildman–Crippen LogP) is 3.66. The van der Waals surface area contributed by atoms with Crippen LogP contribution in [0.4, 0.5) is 10.1 Å². The lowest BCUT2D eigenvalue weighted by Crippen LogP contribution is -2.18. The van der Waals surface area contributed by atoms with Gasteiger partial charge in [-0.3, -0.25) is 14.2 Å². The highest BCUT2D eigenvalue weighted by atomic mass is 19.1. The molecule has 142 valence electrons. The van der Waals surface area contributed by atoms with E-state index in [2.05, 4.69) is 15.5 Å². The third-order valence-corrected chi connectivity index (χ3v) is 4.29. The lowest BCUT2D eigenvalue weighted by Gasteiger charge is -2.14. The number of nitrogens with zero attached hydrogens (tertiary/aromatic N) is 4. The molecule has 0 bridgehead atoms. The minimum atomic E-state index is -0.292. The van der Waals surface area contributed by atoms with Gasteiger partial charge in [-0.15, -0.1) is 0 Å². The number of halogens is 1. The molecule has 27 heavy (non-hydrogen) atoms. The van der Waals surface area contributed by atoms with Gasteiger partial charge in [0.1, 0.15) is 11.5 Å². The molecule has 0 unspecified atom stereocenters. The number of aromatic nitrogens is 4. The molecule has 0 aliphatic carbocycles.